The molecule has 168 valence electrons. The van der Waals surface area contributed by atoms with Crippen molar-refractivity contribution in [3.05, 3.63) is 82.2 Å². The summed E-state index contributed by atoms with van der Waals surface area (Å²) in [4.78, 5) is 24.4. The molecule has 0 saturated heterocycles. The summed E-state index contributed by atoms with van der Waals surface area (Å²) in [6.45, 7) is 2.32. The fourth-order valence-electron chi connectivity index (χ4n) is 3.12. The first-order valence-electron chi connectivity index (χ1n) is 10.00. The zero-order valence-electron chi connectivity index (χ0n) is 17.6. The van der Waals surface area contributed by atoms with Crippen LogP contribution in [0.25, 0.3) is 11.4 Å². The molecule has 0 aliphatic heterocycles. The van der Waals surface area contributed by atoms with Crippen LogP contribution in [0.5, 0.6) is 0 Å². The highest BCUT2D eigenvalue weighted by Gasteiger charge is 2.23. The average Bonchev–Trinajstić information content (AvgIpc) is 3.42. The lowest BCUT2D eigenvalue weighted by Gasteiger charge is -2.14. The Morgan fingerprint density at radius 2 is 1.85 bits per heavy atom. The molecule has 1 atom stereocenters. The summed E-state index contributed by atoms with van der Waals surface area (Å²) in [6, 6.07) is 18.9. The second-order valence-electron chi connectivity index (χ2n) is 7.16. The third-order valence-electron chi connectivity index (χ3n) is 4.82. The van der Waals surface area contributed by atoms with Gasteiger partial charge >= 0.3 is 0 Å². The Kier molecular flexibility index (Phi) is 7.12. The summed E-state index contributed by atoms with van der Waals surface area (Å²) in [5.74, 6) is -0.158. The van der Waals surface area contributed by atoms with E-state index in [1.54, 1.807) is 30.5 Å². The fourth-order valence-corrected chi connectivity index (χ4v) is 4.89. The molecule has 4 rings (SSSR count). The van der Waals surface area contributed by atoms with Gasteiger partial charge in [0.15, 0.2) is 11.0 Å². The van der Waals surface area contributed by atoms with Crippen LogP contribution in [0.1, 0.15) is 22.8 Å². The van der Waals surface area contributed by atoms with Crippen molar-refractivity contribution in [2.45, 2.75) is 23.9 Å². The van der Waals surface area contributed by atoms with Crippen LogP contribution in [0.4, 0.5) is 5.00 Å². The van der Waals surface area contributed by atoms with E-state index in [-0.39, 0.29) is 5.91 Å². The number of primary amides is 1. The molecular formula is C23H20ClN5O2S2. The van der Waals surface area contributed by atoms with Crippen molar-refractivity contribution in [1.82, 2.24) is 14.8 Å². The number of aromatic nitrogens is 3. The Balaban J connectivity index is 1.59. The molecule has 0 aliphatic carbocycles. The highest BCUT2D eigenvalue weighted by atomic mass is 35.5. The maximum absolute atomic E-state index is 12.8. The Hall–Kier alpha value is -3.14. The van der Waals surface area contributed by atoms with Crippen LogP contribution >= 0.6 is 34.7 Å². The van der Waals surface area contributed by atoms with Crippen molar-refractivity contribution in [1.29, 1.82) is 0 Å². The minimum absolute atomic E-state index is 0.257. The number of carbonyl (C=O) groups is 2. The molecule has 0 bridgehead atoms. The van der Waals surface area contributed by atoms with Crippen LogP contribution in [0, 0.1) is 0 Å². The first-order valence-corrected chi connectivity index (χ1v) is 12.1. The number of anilines is 1. The van der Waals surface area contributed by atoms with Gasteiger partial charge in [0, 0.05) is 10.6 Å². The molecule has 2 heterocycles. The maximum atomic E-state index is 12.8. The predicted molar refractivity (Wildman–Crippen MR) is 133 cm³/mol. The van der Waals surface area contributed by atoms with E-state index in [1.807, 2.05) is 47.0 Å². The summed E-state index contributed by atoms with van der Waals surface area (Å²) < 4.78 is 1.98. The smallest absolute Gasteiger partial charge is 0.251 e. The molecule has 0 saturated carbocycles. The lowest BCUT2D eigenvalue weighted by atomic mass is 10.2. The number of amides is 2. The van der Waals surface area contributed by atoms with Gasteiger partial charge < -0.3 is 11.1 Å². The Morgan fingerprint density at radius 3 is 2.55 bits per heavy atom. The second-order valence-corrected chi connectivity index (χ2v) is 9.82. The summed E-state index contributed by atoms with van der Waals surface area (Å²) in [5.41, 5.74) is 7.62. The predicted octanol–water partition coefficient (Wildman–Crippen LogP) is 4.93. The van der Waals surface area contributed by atoms with Gasteiger partial charge in [-0.1, -0.05) is 53.7 Å². The summed E-state index contributed by atoms with van der Waals surface area (Å²) >= 11 is 8.59. The van der Waals surface area contributed by atoms with Gasteiger partial charge in [-0.2, -0.15) is 0 Å². The number of hydrogen-bond donors (Lipinski definition) is 2. The van der Waals surface area contributed by atoms with Crippen LogP contribution in [-0.4, -0.2) is 31.8 Å². The van der Waals surface area contributed by atoms with Crippen LogP contribution in [0.15, 0.2) is 71.2 Å². The zero-order chi connectivity index (χ0) is 23.4. The molecule has 0 radical (unpaired) electrons. The minimum Gasteiger partial charge on any atom is -0.366 e. The summed E-state index contributed by atoms with van der Waals surface area (Å²) in [7, 11) is 0. The highest BCUT2D eigenvalue weighted by Crippen LogP contribution is 2.30. The Bertz CT molecular complexity index is 1270. The number of nitrogens with zero attached hydrogens (tertiary/aromatic N) is 3. The van der Waals surface area contributed by atoms with E-state index in [2.05, 4.69) is 15.5 Å². The molecule has 0 fully saturated rings. The van der Waals surface area contributed by atoms with E-state index in [0.717, 1.165) is 11.1 Å². The van der Waals surface area contributed by atoms with E-state index in [4.69, 9.17) is 17.3 Å². The molecule has 2 aromatic carbocycles. The minimum atomic E-state index is -0.581. The Labute approximate surface area is 204 Å². The van der Waals surface area contributed by atoms with Crippen molar-refractivity contribution in [3.63, 3.8) is 0 Å². The number of thioether (sulfide) groups is 1. The third kappa shape index (κ3) is 5.44. The summed E-state index contributed by atoms with van der Waals surface area (Å²) in [5, 5.41) is 14.4. The molecule has 0 spiro atoms. The molecule has 33 heavy (non-hydrogen) atoms. The molecule has 4 aromatic rings. The van der Waals surface area contributed by atoms with Gasteiger partial charge in [0.2, 0.25) is 5.91 Å². The number of halogens is 1. The van der Waals surface area contributed by atoms with Crippen LogP contribution in [0.3, 0.4) is 0 Å². The first kappa shape index (κ1) is 23.0. The first-order chi connectivity index (χ1) is 15.9. The van der Waals surface area contributed by atoms with Crippen LogP contribution < -0.4 is 11.1 Å². The van der Waals surface area contributed by atoms with E-state index < -0.39 is 11.2 Å². The van der Waals surface area contributed by atoms with Crippen LogP contribution in [-0.2, 0) is 11.3 Å². The number of carbonyl (C=O) groups excluding carboxylic acids is 2. The molecule has 2 amide bonds. The number of rotatable bonds is 8. The second kappa shape index (κ2) is 10.2. The largest absolute Gasteiger partial charge is 0.366 e. The van der Waals surface area contributed by atoms with E-state index in [0.29, 0.717) is 33.1 Å². The third-order valence-corrected chi connectivity index (χ3v) is 6.98. The van der Waals surface area contributed by atoms with Crippen molar-refractivity contribution in [2.24, 2.45) is 5.73 Å². The van der Waals surface area contributed by atoms with E-state index >= 15 is 0 Å². The number of hydrogen-bond acceptors (Lipinski definition) is 6. The SMILES string of the molecule is CC(Sc1nnc(-c2ccc(Cl)cc2)n1Cc1ccccc1)C(=O)Nc1sccc1C(N)=O. The maximum Gasteiger partial charge on any atom is 0.251 e. The monoisotopic (exact) mass is 497 g/mol. The average molecular weight is 498 g/mol. The standard InChI is InChI=1S/C23H20ClN5O2S2/c1-14(21(31)26-22-18(19(25)30)11-12-32-22)33-23-28-27-20(16-7-9-17(24)10-8-16)29(23)13-15-5-3-2-4-6-15/h2-12,14H,13H2,1H3,(H2,25,30)(H,26,31). The van der Waals surface area contributed by atoms with Crippen LogP contribution in [0.2, 0.25) is 5.02 Å². The quantitative estimate of drug-likeness (QED) is 0.336. The zero-order valence-corrected chi connectivity index (χ0v) is 20.0. The molecule has 1 unspecified atom stereocenters. The lowest BCUT2D eigenvalue weighted by molar-refractivity contribution is -0.115. The fraction of sp³-hybridized carbons (Fsp3) is 0.130. The number of benzene rings is 2. The van der Waals surface area contributed by atoms with Gasteiger partial charge in [-0.15, -0.1) is 21.5 Å². The topological polar surface area (TPSA) is 103 Å². The molecule has 10 heteroatoms. The van der Waals surface area contributed by atoms with Gasteiger partial charge in [-0.25, -0.2) is 0 Å². The van der Waals surface area contributed by atoms with Gasteiger partial charge in [-0.3, -0.25) is 14.2 Å². The van der Waals surface area contributed by atoms with Crippen molar-refractivity contribution < 1.29 is 9.59 Å². The van der Waals surface area contributed by atoms with Gasteiger partial charge in [0.25, 0.3) is 5.91 Å². The molecular weight excluding hydrogens is 478 g/mol. The molecule has 3 N–H and O–H groups in total. The molecule has 7 nitrogen and oxygen atoms in total. The summed E-state index contributed by atoms with van der Waals surface area (Å²) in [6.07, 6.45) is 0. The number of nitrogens with two attached hydrogens (primary N) is 1. The van der Waals surface area contributed by atoms with E-state index in [9.17, 15) is 9.59 Å². The molecule has 0 aliphatic rings. The molecule has 2 aromatic heterocycles. The Morgan fingerprint density at radius 1 is 1.12 bits per heavy atom. The van der Waals surface area contributed by atoms with Crippen molar-refractivity contribution in [3.8, 4) is 11.4 Å². The van der Waals surface area contributed by atoms with Gasteiger partial charge in [-0.05, 0) is 48.2 Å². The highest BCUT2D eigenvalue weighted by molar-refractivity contribution is 8.00. The van der Waals surface area contributed by atoms with E-state index in [1.165, 1.54) is 23.1 Å². The number of nitrogens with one attached hydrogen (secondary N) is 1. The van der Waals surface area contributed by atoms with Crippen molar-refractivity contribution in [2.75, 3.05) is 5.32 Å². The lowest BCUT2D eigenvalue weighted by Crippen LogP contribution is -2.24. The number of thiophene rings is 1. The van der Waals surface area contributed by atoms with Gasteiger partial charge in [0.05, 0.1) is 17.4 Å². The normalized spacial score (nSPS) is 11.8. The van der Waals surface area contributed by atoms with Gasteiger partial charge in [0.1, 0.15) is 5.00 Å². The van der Waals surface area contributed by atoms with Crippen molar-refractivity contribution >= 4 is 51.5 Å².